The van der Waals surface area contributed by atoms with Crippen molar-refractivity contribution in [1.29, 1.82) is 0 Å². The summed E-state index contributed by atoms with van der Waals surface area (Å²) in [6.07, 6.45) is 0. The third kappa shape index (κ3) is 3.62. The number of fused-ring (bicyclic) bond motifs is 1. The Morgan fingerprint density at radius 3 is 2.62 bits per heavy atom. The third-order valence-electron chi connectivity index (χ3n) is 3.59. The van der Waals surface area contributed by atoms with E-state index in [0.717, 1.165) is 15.7 Å². The van der Waals surface area contributed by atoms with Gasteiger partial charge in [0.05, 0.1) is 0 Å². The summed E-state index contributed by atoms with van der Waals surface area (Å²) in [5.41, 5.74) is 0. The van der Waals surface area contributed by atoms with Crippen LogP contribution in [0.15, 0.2) is 42.5 Å². The summed E-state index contributed by atoms with van der Waals surface area (Å²) >= 11 is 0. The molecule has 1 aliphatic heterocycles. The number of imide groups is 1. The van der Waals surface area contributed by atoms with E-state index in [1.165, 1.54) is 0 Å². The van der Waals surface area contributed by atoms with Crippen LogP contribution >= 0.6 is 0 Å². The molecule has 3 amide bonds. The van der Waals surface area contributed by atoms with Gasteiger partial charge in [0.25, 0.3) is 5.91 Å². The summed E-state index contributed by atoms with van der Waals surface area (Å²) in [6, 6.07) is 12.8. The van der Waals surface area contributed by atoms with Crippen LogP contribution in [-0.2, 0) is 14.3 Å². The predicted molar refractivity (Wildman–Crippen MR) is 85.5 cm³/mol. The Bertz CT molecular complexity index is 789. The molecule has 1 saturated heterocycles. The fourth-order valence-electron chi connectivity index (χ4n) is 2.37. The molecular formula is C17H16N2O5. The zero-order valence-electron chi connectivity index (χ0n) is 12.9. The summed E-state index contributed by atoms with van der Waals surface area (Å²) in [6.45, 7) is -0.0997. The molecule has 0 aromatic heterocycles. The van der Waals surface area contributed by atoms with E-state index in [4.69, 9.17) is 9.47 Å². The number of carbonyl (C=O) groups excluding carboxylic acids is 3. The van der Waals surface area contributed by atoms with E-state index < -0.39 is 24.5 Å². The number of nitrogens with zero attached hydrogens (tertiary/aromatic N) is 1. The van der Waals surface area contributed by atoms with E-state index in [1.807, 2.05) is 36.4 Å². The summed E-state index contributed by atoms with van der Waals surface area (Å²) in [5, 5.41) is 4.57. The van der Waals surface area contributed by atoms with Gasteiger partial charge >= 0.3 is 12.0 Å². The Morgan fingerprint density at radius 2 is 1.88 bits per heavy atom. The molecule has 2 aromatic carbocycles. The van der Waals surface area contributed by atoms with Crippen LogP contribution in [0.3, 0.4) is 0 Å². The molecule has 0 aliphatic carbocycles. The van der Waals surface area contributed by atoms with Gasteiger partial charge in [0.2, 0.25) is 0 Å². The standard InChI is InChI=1S/C17H16N2O5/c20-15(19-8-7-18-17(19)22)10-24-16(21)11-23-14-6-5-12-3-1-2-4-13(12)9-14/h1-6,9H,7-8,10-11H2,(H,18,22). The minimum atomic E-state index is -0.670. The second-order valence-electron chi connectivity index (χ2n) is 5.24. The lowest BCUT2D eigenvalue weighted by Crippen LogP contribution is -2.37. The average Bonchev–Trinajstić information content (AvgIpc) is 3.03. The number of hydrogen-bond acceptors (Lipinski definition) is 5. The van der Waals surface area contributed by atoms with Gasteiger partial charge in [0.1, 0.15) is 5.75 Å². The minimum absolute atomic E-state index is 0.281. The van der Waals surface area contributed by atoms with Crippen LogP contribution in [0, 0.1) is 0 Å². The molecule has 0 saturated carbocycles. The van der Waals surface area contributed by atoms with Gasteiger partial charge in [-0.3, -0.25) is 9.69 Å². The molecule has 0 radical (unpaired) electrons. The van der Waals surface area contributed by atoms with Crippen molar-refractivity contribution in [2.24, 2.45) is 0 Å². The highest BCUT2D eigenvalue weighted by Crippen LogP contribution is 2.20. The number of nitrogens with one attached hydrogen (secondary N) is 1. The second kappa shape index (κ2) is 6.99. The Kier molecular flexibility index (Phi) is 4.60. The van der Waals surface area contributed by atoms with E-state index in [9.17, 15) is 14.4 Å². The van der Waals surface area contributed by atoms with Crippen LogP contribution in [0.2, 0.25) is 0 Å². The van der Waals surface area contributed by atoms with Crippen LogP contribution in [0.4, 0.5) is 4.79 Å². The van der Waals surface area contributed by atoms with Gasteiger partial charge in [-0.05, 0) is 22.9 Å². The van der Waals surface area contributed by atoms with Crippen molar-refractivity contribution < 1.29 is 23.9 Å². The second-order valence-corrected chi connectivity index (χ2v) is 5.24. The quantitative estimate of drug-likeness (QED) is 0.837. The van der Waals surface area contributed by atoms with Gasteiger partial charge in [-0.1, -0.05) is 30.3 Å². The molecule has 3 rings (SSSR count). The smallest absolute Gasteiger partial charge is 0.344 e. The summed E-state index contributed by atoms with van der Waals surface area (Å²) in [4.78, 5) is 35.7. The van der Waals surface area contributed by atoms with E-state index in [1.54, 1.807) is 6.07 Å². The highest BCUT2D eigenvalue weighted by Gasteiger charge is 2.26. The first-order valence-corrected chi connectivity index (χ1v) is 7.49. The normalized spacial score (nSPS) is 13.7. The Balaban J connectivity index is 1.48. The Labute approximate surface area is 138 Å². The minimum Gasteiger partial charge on any atom is -0.482 e. The van der Waals surface area contributed by atoms with Crippen molar-refractivity contribution in [2.75, 3.05) is 26.3 Å². The van der Waals surface area contributed by atoms with E-state index >= 15 is 0 Å². The number of amides is 3. The molecule has 1 heterocycles. The van der Waals surface area contributed by atoms with Gasteiger partial charge in [0.15, 0.2) is 13.2 Å². The molecule has 24 heavy (non-hydrogen) atoms. The van der Waals surface area contributed by atoms with Crippen molar-refractivity contribution in [3.63, 3.8) is 0 Å². The van der Waals surface area contributed by atoms with E-state index in [0.29, 0.717) is 12.3 Å². The van der Waals surface area contributed by atoms with Crippen LogP contribution in [0.25, 0.3) is 10.8 Å². The summed E-state index contributed by atoms with van der Waals surface area (Å²) in [5.74, 6) is -0.684. The van der Waals surface area contributed by atoms with Crippen LogP contribution in [-0.4, -0.2) is 49.1 Å². The van der Waals surface area contributed by atoms with Crippen LogP contribution < -0.4 is 10.1 Å². The first kappa shape index (κ1) is 15.8. The predicted octanol–water partition coefficient (Wildman–Crippen LogP) is 1.31. The number of carbonyl (C=O) groups is 3. The van der Waals surface area contributed by atoms with Crippen molar-refractivity contribution in [2.45, 2.75) is 0 Å². The molecule has 0 bridgehead atoms. The third-order valence-corrected chi connectivity index (χ3v) is 3.59. The number of rotatable bonds is 5. The van der Waals surface area contributed by atoms with Crippen molar-refractivity contribution in [3.05, 3.63) is 42.5 Å². The topological polar surface area (TPSA) is 84.9 Å². The molecule has 1 fully saturated rings. The molecule has 124 valence electrons. The van der Waals surface area contributed by atoms with Gasteiger partial charge in [-0.2, -0.15) is 0 Å². The molecule has 2 aromatic rings. The largest absolute Gasteiger partial charge is 0.482 e. The van der Waals surface area contributed by atoms with Crippen LogP contribution in [0.1, 0.15) is 0 Å². The van der Waals surface area contributed by atoms with Gasteiger partial charge in [-0.25, -0.2) is 9.59 Å². The molecule has 0 atom stereocenters. The maximum atomic E-state index is 11.7. The average molecular weight is 328 g/mol. The first-order valence-electron chi connectivity index (χ1n) is 7.49. The lowest BCUT2D eigenvalue weighted by atomic mass is 10.1. The number of esters is 1. The summed E-state index contributed by atoms with van der Waals surface area (Å²) < 4.78 is 10.2. The Hall–Kier alpha value is -3.09. The molecule has 7 nitrogen and oxygen atoms in total. The monoisotopic (exact) mass is 328 g/mol. The maximum Gasteiger partial charge on any atom is 0.344 e. The van der Waals surface area contributed by atoms with Gasteiger partial charge < -0.3 is 14.8 Å². The zero-order chi connectivity index (χ0) is 16.9. The number of benzene rings is 2. The highest BCUT2D eigenvalue weighted by molar-refractivity contribution is 5.97. The number of hydrogen-bond donors (Lipinski definition) is 1. The number of urea groups is 1. The number of ether oxygens (including phenoxy) is 2. The molecule has 0 spiro atoms. The lowest BCUT2D eigenvalue weighted by molar-refractivity contribution is -0.152. The fourth-order valence-corrected chi connectivity index (χ4v) is 2.37. The van der Waals surface area contributed by atoms with Crippen molar-refractivity contribution in [1.82, 2.24) is 10.2 Å². The maximum absolute atomic E-state index is 11.7. The van der Waals surface area contributed by atoms with Gasteiger partial charge in [0, 0.05) is 13.1 Å². The molecule has 1 aliphatic rings. The Morgan fingerprint density at radius 1 is 1.08 bits per heavy atom. The summed E-state index contributed by atoms with van der Waals surface area (Å²) in [7, 11) is 0. The first-order chi connectivity index (χ1) is 11.6. The fraction of sp³-hybridized carbons (Fsp3) is 0.235. The molecule has 0 unspecified atom stereocenters. The van der Waals surface area contributed by atoms with E-state index in [2.05, 4.69) is 5.32 Å². The molecule has 7 heteroatoms. The lowest BCUT2D eigenvalue weighted by Gasteiger charge is -2.12. The zero-order valence-corrected chi connectivity index (χ0v) is 12.9. The van der Waals surface area contributed by atoms with Crippen LogP contribution in [0.5, 0.6) is 5.75 Å². The van der Waals surface area contributed by atoms with Crippen molar-refractivity contribution in [3.8, 4) is 5.75 Å². The molecule has 1 N–H and O–H groups in total. The highest BCUT2D eigenvalue weighted by atomic mass is 16.6. The van der Waals surface area contributed by atoms with E-state index in [-0.39, 0.29) is 13.2 Å². The molecular weight excluding hydrogens is 312 g/mol. The van der Waals surface area contributed by atoms with Crippen molar-refractivity contribution >= 4 is 28.7 Å². The van der Waals surface area contributed by atoms with Gasteiger partial charge in [-0.15, -0.1) is 0 Å². The SMILES string of the molecule is O=C(COc1ccc2ccccc2c1)OCC(=O)N1CCNC1=O.